The van der Waals surface area contributed by atoms with Gasteiger partial charge >= 0.3 is 0 Å². The molecule has 2 N–H and O–H groups in total. The van der Waals surface area contributed by atoms with Gasteiger partial charge in [-0.05, 0) is 31.8 Å². The van der Waals surface area contributed by atoms with Crippen LogP contribution in [0.2, 0.25) is 0 Å². The summed E-state index contributed by atoms with van der Waals surface area (Å²) >= 11 is 0. The number of hydrogen-bond donors (Lipinski definition) is 2. The van der Waals surface area contributed by atoms with E-state index in [1.54, 1.807) is 5.01 Å². The SMILES string of the molecule is O=S(=O)(CC1CCNCC1)NN1CCOCC1. The number of hydrogen-bond acceptors (Lipinski definition) is 5. The van der Waals surface area contributed by atoms with Crippen LogP contribution in [0.4, 0.5) is 0 Å². The first-order chi connectivity index (χ1) is 8.16. The zero-order valence-corrected chi connectivity index (χ0v) is 10.8. The molecule has 7 heteroatoms. The first-order valence-electron chi connectivity index (χ1n) is 6.19. The second kappa shape index (κ2) is 6.10. The van der Waals surface area contributed by atoms with Crippen molar-refractivity contribution < 1.29 is 13.2 Å². The van der Waals surface area contributed by atoms with E-state index in [4.69, 9.17) is 4.74 Å². The molecule has 0 atom stereocenters. The summed E-state index contributed by atoms with van der Waals surface area (Å²) in [6.45, 7) is 4.30. The molecule has 2 rings (SSSR count). The number of nitrogens with one attached hydrogen (secondary N) is 2. The highest BCUT2D eigenvalue weighted by molar-refractivity contribution is 7.89. The maximum absolute atomic E-state index is 12.0. The Bertz CT molecular complexity index is 296. The molecule has 6 nitrogen and oxygen atoms in total. The second-order valence-corrected chi connectivity index (χ2v) is 6.41. The van der Waals surface area contributed by atoms with Gasteiger partial charge < -0.3 is 10.1 Å². The van der Waals surface area contributed by atoms with Gasteiger partial charge in [0.1, 0.15) is 0 Å². The molecule has 0 aliphatic carbocycles. The maximum atomic E-state index is 12.0. The molecular weight excluding hydrogens is 242 g/mol. The van der Waals surface area contributed by atoms with Crippen LogP contribution in [0, 0.1) is 5.92 Å². The van der Waals surface area contributed by atoms with E-state index >= 15 is 0 Å². The standard InChI is InChI=1S/C10H21N3O3S/c14-17(15,9-10-1-3-11-4-2-10)12-13-5-7-16-8-6-13/h10-12H,1-9H2. The summed E-state index contributed by atoms with van der Waals surface area (Å²) < 4.78 is 29.1. The molecule has 2 fully saturated rings. The fraction of sp³-hybridized carbons (Fsp3) is 1.00. The van der Waals surface area contributed by atoms with Crippen LogP contribution in [0.15, 0.2) is 0 Å². The van der Waals surface area contributed by atoms with Crippen molar-refractivity contribution in [1.29, 1.82) is 0 Å². The molecule has 0 aromatic carbocycles. The Kier molecular flexibility index (Phi) is 4.75. The summed E-state index contributed by atoms with van der Waals surface area (Å²) in [7, 11) is -3.19. The quantitative estimate of drug-likeness (QED) is 0.691. The Morgan fingerprint density at radius 2 is 1.88 bits per heavy atom. The predicted octanol–water partition coefficient (Wildman–Crippen LogP) is -0.847. The van der Waals surface area contributed by atoms with Crippen molar-refractivity contribution in [2.75, 3.05) is 45.1 Å². The van der Waals surface area contributed by atoms with Crippen LogP contribution in [0.1, 0.15) is 12.8 Å². The minimum absolute atomic E-state index is 0.242. The Morgan fingerprint density at radius 1 is 1.24 bits per heavy atom. The van der Waals surface area contributed by atoms with E-state index in [0.29, 0.717) is 26.3 Å². The lowest BCUT2D eigenvalue weighted by atomic mass is 10.0. The van der Waals surface area contributed by atoms with E-state index in [0.717, 1.165) is 25.9 Å². The van der Waals surface area contributed by atoms with E-state index in [2.05, 4.69) is 10.1 Å². The molecule has 0 spiro atoms. The van der Waals surface area contributed by atoms with Crippen LogP contribution < -0.4 is 10.1 Å². The monoisotopic (exact) mass is 263 g/mol. The molecule has 100 valence electrons. The Labute approximate surface area is 103 Å². The molecule has 2 aliphatic rings. The number of ether oxygens (including phenoxy) is 1. The number of piperidine rings is 1. The van der Waals surface area contributed by atoms with Crippen LogP contribution in [-0.2, 0) is 14.8 Å². The van der Waals surface area contributed by atoms with Crippen molar-refractivity contribution in [2.45, 2.75) is 12.8 Å². The first kappa shape index (κ1) is 13.2. The minimum Gasteiger partial charge on any atom is -0.379 e. The van der Waals surface area contributed by atoms with E-state index in [-0.39, 0.29) is 11.7 Å². The Balaban J connectivity index is 1.80. The van der Waals surface area contributed by atoms with Crippen LogP contribution >= 0.6 is 0 Å². The maximum Gasteiger partial charge on any atom is 0.224 e. The van der Waals surface area contributed by atoms with Gasteiger partial charge in [0.15, 0.2) is 0 Å². The molecule has 0 radical (unpaired) electrons. The van der Waals surface area contributed by atoms with Gasteiger partial charge in [-0.15, -0.1) is 4.83 Å². The van der Waals surface area contributed by atoms with E-state index in [1.807, 2.05) is 0 Å². The number of sulfonamides is 1. The molecule has 17 heavy (non-hydrogen) atoms. The zero-order valence-electron chi connectivity index (χ0n) is 10.0. The third-order valence-corrected chi connectivity index (χ3v) is 4.64. The molecule has 0 unspecified atom stereocenters. The molecule has 2 aliphatic heterocycles. The highest BCUT2D eigenvalue weighted by Crippen LogP contribution is 2.13. The summed E-state index contributed by atoms with van der Waals surface area (Å²) in [5.41, 5.74) is 0. The van der Waals surface area contributed by atoms with Gasteiger partial charge in [-0.25, -0.2) is 13.4 Å². The lowest BCUT2D eigenvalue weighted by molar-refractivity contribution is 0.0271. The van der Waals surface area contributed by atoms with Crippen molar-refractivity contribution >= 4 is 10.0 Å². The molecule has 2 heterocycles. The fourth-order valence-corrected chi connectivity index (χ4v) is 3.85. The van der Waals surface area contributed by atoms with E-state index in [1.165, 1.54) is 0 Å². The van der Waals surface area contributed by atoms with E-state index in [9.17, 15) is 8.42 Å². The second-order valence-electron chi connectivity index (χ2n) is 4.67. The van der Waals surface area contributed by atoms with Gasteiger partial charge in [0.05, 0.1) is 19.0 Å². The van der Waals surface area contributed by atoms with Gasteiger partial charge in [0.25, 0.3) is 0 Å². The van der Waals surface area contributed by atoms with Gasteiger partial charge in [0.2, 0.25) is 10.0 Å². The molecule has 2 saturated heterocycles. The van der Waals surface area contributed by atoms with Crippen LogP contribution in [-0.4, -0.2) is 58.6 Å². The lowest BCUT2D eigenvalue weighted by Gasteiger charge is -2.28. The van der Waals surface area contributed by atoms with Crippen molar-refractivity contribution in [3.8, 4) is 0 Å². The first-order valence-corrected chi connectivity index (χ1v) is 7.84. The molecule has 0 bridgehead atoms. The topological polar surface area (TPSA) is 70.7 Å². The van der Waals surface area contributed by atoms with Gasteiger partial charge in [-0.3, -0.25) is 0 Å². The number of hydrazine groups is 1. The minimum atomic E-state index is -3.19. The van der Waals surface area contributed by atoms with Crippen molar-refractivity contribution in [1.82, 2.24) is 15.2 Å². The van der Waals surface area contributed by atoms with Crippen molar-refractivity contribution in [3.63, 3.8) is 0 Å². The fourth-order valence-electron chi connectivity index (χ4n) is 2.25. The molecule has 0 aromatic heterocycles. The smallest absolute Gasteiger partial charge is 0.224 e. The lowest BCUT2D eigenvalue weighted by Crippen LogP contribution is -2.49. The predicted molar refractivity (Wildman–Crippen MR) is 64.9 cm³/mol. The summed E-state index contributed by atoms with van der Waals surface area (Å²) in [5, 5.41) is 4.98. The van der Waals surface area contributed by atoms with Crippen LogP contribution in [0.25, 0.3) is 0 Å². The summed E-state index contributed by atoms with van der Waals surface area (Å²) in [4.78, 5) is 2.65. The summed E-state index contributed by atoms with van der Waals surface area (Å²) in [6, 6.07) is 0. The van der Waals surface area contributed by atoms with E-state index < -0.39 is 10.0 Å². The van der Waals surface area contributed by atoms with Crippen LogP contribution in [0.3, 0.4) is 0 Å². The number of rotatable bonds is 4. The van der Waals surface area contributed by atoms with Gasteiger partial charge in [-0.1, -0.05) is 0 Å². The summed E-state index contributed by atoms with van der Waals surface area (Å²) in [5.74, 6) is 0.529. The largest absolute Gasteiger partial charge is 0.379 e. The number of morpholine rings is 1. The molecule has 0 saturated carbocycles. The highest BCUT2D eigenvalue weighted by atomic mass is 32.2. The Morgan fingerprint density at radius 3 is 2.53 bits per heavy atom. The third kappa shape index (κ3) is 4.51. The average Bonchev–Trinajstić information content (AvgIpc) is 2.30. The van der Waals surface area contributed by atoms with Crippen molar-refractivity contribution in [2.24, 2.45) is 5.92 Å². The number of nitrogens with zero attached hydrogens (tertiary/aromatic N) is 1. The zero-order chi connectivity index (χ0) is 12.1. The highest BCUT2D eigenvalue weighted by Gasteiger charge is 2.23. The Hall–Kier alpha value is -0.210. The van der Waals surface area contributed by atoms with Gasteiger partial charge in [0, 0.05) is 13.1 Å². The normalized spacial score (nSPS) is 24.9. The summed E-state index contributed by atoms with van der Waals surface area (Å²) in [6.07, 6.45) is 1.90. The molecule has 0 amide bonds. The van der Waals surface area contributed by atoms with Crippen LogP contribution in [0.5, 0.6) is 0 Å². The molecular formula is C10H21N3O3S. The average molecular weight is 263 g/mol. The van der Waals surface area contributed by atoms with Crippen molar-refractivity contribution in [3.05, 3.63) is 0 Å². The van der Waals surface area contributed by atoms with Gasteiger partial charge in [-0.2, -0.15) is 0 Å². The third-order valence-electron chi connectivity index (χ3n) is 3.19. The molecule has 0 aromatic rings.